The topological polar surface area (TPSA) is 69.6 Å². The molecule has 0 saturated heterocycles. The Balaban J connectivity index is 2.60. The van der Waals surface area contributed by atoms with Crippen LogP contribution in [0.15, 0.2) is 22.7 Å². The lowest BCUT2D eigenvalue weighted by atomic mass is 10.2. The van der Waals surface area contributed by atoms with Crippen molar-refractivity contribution in [2.75, 3.05) is 6.61 Å². The third-order valence-corrected chi connectivity index (χ3v) is 2.62. The fourth-order valence-electron chi connectivity index (χ4n) is 1.12. The Hall–Kier alpha value is -0.980. The van der Waals surface area contributed by atoms with Gasteiger partial charge in [0.2, 0.25) is 0 Å². The highest BCUT2D eigenvalue weighted by atomic mass is 79.9. The first-order valence-electron chi connectivity index (χ1n) is 4.55. The number of aliphatic hydroxyl groups is 1. The molecule has 6 heteroatoms. The third-order valence-electron chi connectivity index (χ3n) is 2.02. The Morgan fingerprint density at radius 1 is 1.56 bits per heavy atom. The van der Waals surface area contributed by atoms with Crippen molar-refractivity contribution in [1.29, 1.82) is 0 Å². The lowest BCUT2D eigenvalue weighted by Gasteiger charge is -2.11. The standard InChI is InChI=1S/C10H11BrFNO3/c11-7-3-6(1-2-8(7)12)4-13-9(5-14)10(15)16/h1-3,9,13-14H,4-5H2,(H,15,16). The number of carboxylic acid groups (broad SMARTS) is 1. The first kappa shape index (κ1) is 13.1. The molecule has 0 saturated carbocycles. The van der Waals surface area contributed by atoms with E-state index in [1.54, 1.807) is 12.1 Å². The molecule has 0 radical (unpaired) electrons. The van der Waals surface area contributed by atoms with Crippen LogP contribution in [-0.4, -0.2) is 28.8 Å². The second-order valence-corrected chi connectivity index (χ2v) is 4.06. The van der Waals surface area contributed by atoms with Gasteiger partial charge in [-0.1, -0.05) is 6.07 Å². The largest absolute Gasteiger partial charge is 0.480 e. The van der Waals surface area contributed by atoms with Crippen LogP contribution in [0, 0.1) is 5.82 Å². The molecule has 88 valence electrons. The highest BCUT2D eigenvalue weighted by Gasteiger charge is 2.14. The number of nitrogens with one attached hydrogen (secondary N) is 1. The molecule has 0 aliphatic rings. The molecular weight excluding hydrogens is 281 g/mol. The Bertz CT molecular complexity index is 386. The fourth-order valence-corrected chi connectivity index (χ4v) is 1.55. The predicted octanol–water partition coefficient (Wildman–Crippen LogP) is 1.12. The highest BCUT2D eigenvalue weighted by Crippen LogP contribution is 2.16. The van der Waals surface area contributed by atoms with Gasteiger partial charge < -0.3 is 10.2 Å². The molecule has 1 aromatic rings. The van der Waals surface area contributed by atoms with E-state index in [1.807, 2.05) is 0 Å². The molecule has 1 atom stereocenters. The molecule has 0 aromatic heterocycles. The number of halogens is 2. The van der Waals surface area contributed by atoms with Crippen LogP contribution in [0.5, 0.6) is 0 Å². The van der Waals surface area contributed by atoms with E-state index in [4.69, 9.17) is 10.2 Å². The van der Waals surface area contributed by atoms with E-state index in [0.717, 1.165) is 5.56 Å². The summed E-state index contributed by atoms with van der Waals surface area (Å²) in [7, 11) is 0. The van der Waals surface area contributed by atoms with Crippen molar-refractivity contribution in [2.45, 2.75) is 12.6 Å². The summed E-state index contributed by atoms with van der Waals surface area (Å²) in [4.78, 5) is 10.6. The third kappa shape index (κ3) is 3.55. The van der Waals surface area contributed by atoms with E-state index in [0.29, 0.717) is 4.47 Å². The molecule has 0 fully saturated rings. The van der Waals surface area contributed by atoms with Gasteiger partial charge in [-0.25, -0.2) is 4.39 Å². The van der Waals surface area contributed by atoms with Crippen LogP contribution in [0.3, 0.4) is 0 Å². The van der Waals surface area contributed by atoms with E-state index >= 15 is 0 Å². The highest BCUT2D eigenvalue weighted by molar-refractivity contribution is 9.10. The number of hydrogen-bond donors (Lipinski definition) is 3. The van der Waals surface area contributed by atoms with Crippen molar-refractivity contribution >= 4 is 21.9 Å². The molecule has 3 N–H and O–H groups in total. The van der Waals surface area contributed by atoms with Crippen LogP contribution in [0.4, 0.5) is 4.39 Å². The number of aliphatic hydroxyl groups excluding tert-OH is 1. The van der Waals surface area contributed by atoms with Crippen LogP contribution >= 0.6 is 15.9 Å². The zero-order chi connectivity index (χ0) is 12.1. The summed E-state index contributed by atoms with van der Waals surface area (Å²) in [6.07, 6.45) is 0. The summed E-state index contributed by atoms with van der Waals surface area (Å²) in [5.41, 5.74) is 0.730. The summed E-state index contributed by atoms with van der Waals surface area (Å²) >= 11 is 3.03. The normalized spacial score (nSPS) is 12.4. The van der Waals surface area contributed by atoms with E-state index < -0.39 is 18.6 Å². The van der Waals surface area contributed by atoms with Crippen LogP contribution < -0.4 is 5.32 Å². The summed E-state index contributed by atoms with van der Waals surface area (Å²) in [5, 5.41) is 20.1. The molecule has 0 aliphatic heterocycles. The number of hydrogen-bond acceptors (Lipinski definition) is 3. The van der Waals surface area contributed by atoms with Crippen molar-refractivity contribution in [3.63, 3.8) is 0 Å². The van der Waals surface area contributed by atoms with E-state index in [2.05, 4.69) is 21.2 Å². The quantitative estimate of drug-likeness (QED) is 0.761. The van der Waals surface area contributed by atoms with Crippen molar-refractivity contribution < 1.29 is 19.4 Å². The van der Waals surface area contributed by atoms with E-state index in [9.17, 15) is 9.18 Å². The molecular formula is C10H11BrFNO3. The van der Waals surface area contributed by atoms with E-state index in [-0.39, 0.29) is 12.4 Å². The SMILES string of the molecule is O=C(O)C(CO)NCc1ccc(F)c(Br)c1. The Morgan fingerprint density at radius 3 is 2.75 bits per heavy atom. The number of carbonyl (C=O) groups is 1. The van der Waals surface area contributed by atoms with Crippen molar-refractivity contribution in [3.8, 4) is 0 Å². The molecule has 1 aromatic carbocycles. The first-order chi connectivity index (χ1) is 7.54. The van der Waals surface area contributed by atoms with Gasteiger partial charge in [0.25, 0.3) is 0 Å². The van der Waals surface area contributed by atoms with Gasteiger partial charge in [0.05, 0.1) is 11.1 Å². The summed E-state index contributed by atoms with van der Waals surface area (Å²) < 4.78 is 13.2. The zero-order valence-electron chi connectivity index (χ0n) is 8.28. The van der Waals surface area contributed by atoms with Gasteiger partial charge in [-0.2, -0.15) is 0 Å². The summed E-state index contributed by atoms with van der Waals surface area (Å²) in [6.45, 7) is -0.242. The molecule has 4 nitrogen and oxygen atoms in total. The second-order valence-electron chi connectivity index (χ2n) is 3.20. The van der Waals surface area contributed by atoms with Gasteiger partial charge in [0, 0.05) is 6.54 Å². The van der Waals surface area contributed by atoms with Crippen molar-refractivity contribution in [3.05, 3.63) is 34.1 Å². The van der Waals surface area contributed by atoms with Gasteiger partial charge in [-0.15, -0.1) is 0 Å². The number of carboxylic acids is 1. The maximum Gasteiger partial charge on any atom is 0.323 e. The molecule has 0 amide bonds. The molecule has 0 aliphatic carbocycles. The van der Waals surface area contributed by atoms with Gasteiger partial charge >= 0.3 is 5.97 Å². The van der Waals surface area contributed by atoms with Crippen molar-refractivity contribution in [2.24, 2.45) is 0 Å². The van der Waals surface area contributed by atoms with Crippen LogP contribution in [-0.2, 0) is 11.3 Å². The second kappa shape index (κ2) is 5.93. The van der Waals surface area contributed by atoms with Gasteiger partial charge in [0.1, 0.15) is 11.9 Å². The van der Waals surface area contributed by atoms with Gasteiger partial charge in [-0.3, -0.25) is 10.1 Å². The zero-order valence-corrected chi connectivity index (χ0v) is 9.87. The average Bonchev–Trinajstić information content (AvgIpc) is 2.23. The Kier molecular flexibility index (Phi) is 4.85. The Morgan fingerprint density at radius 2 is 2.25 bits per heavy atom. The first-order valence-corrected chi connectivity index (χ1v) is 5.35. The van der Waals surface area contributed by atoms with E-state index in [1.165, 1.54) is 6.07 Å². The maximum absolute atomic E-state index is 12.9. The summed E-state index contributed by atoms with van der Waals surface area (Å²) in [5.74, 6) is -1.50. The lowest BCUT2D eigenvalue weighted by Crippen LogP contribution is -2.39. The van der Waals surface area contributed by atoms with Gasteiger partial charge in [-0.05, 0) is 33.6 Å². The Labute approximate surface area is 100 Å². The van der Waals surface area contributed by atoms with Gasteiger partial charge in [0.15, 0.2) is 0 Å². The number of benzene rings is 1. The molecule has 1 rings (SSSR count). The monoisotopic (exact) mass is 291 g/mol. The molecule has 0 bridgehead atoms. The number of aliphatic carboxylic acids is 1. The van der Waals surface area contributed by atoms with Crippen LogP contribution in [0.1, 0.15) is 5.56 Å². The lowest BCUT2D eigenvalue weighted by molar-refractivity contribution is -0.140. The number of rotatable bonds is 5. The molecule has 16 heavy (non-hydrogen) atoms. The van der Waals surface area contributed by atoms with Crippen LogP contribution in [0.2, 0.25) is 0 Å². The fraction of sp³-hybridized carbons (Fsp3) is 0.300. The minimum atomic E-state index is -1.12. The minimum absolute atomic E-state index is 0.246. The molecule has 0 heterocycles. The minimum Gasteiger partial charge on any atom is -0.480 e. The smallest absolute Gasteiger partial charge is 0.323 e. The van der Waals surface area contributed by atoms with Crippen LogP contribution in [0.25, 0.3) is 0 Å². The summed E-state index contributed by atoms with van der Waals surface area (Å²) in [6, 6.07) is 3.38. The molecule has 1 unspecified atom stereocenters. The predicted molar refractivity (Wildman–Crippen MR) is 59.4 cm³/mol. The van der Waals surface area contributed by atoms with Crippen molar-refractivity contribution in [1.82, 2.24) is 5.32 Å². The molecule has 0 spiro atoms. The maximum atomic E-state index is 12.9. The average molecular weight is 292 g/mol.